The summed E-state index contributed by atoms with van der Waals surface area (Å²) >= 11 is 0. The summed E-state index contributed by atoms with van der Waals surface area (Å²) in [6.07, 6.45) is 0.923. The Hall–Kier alpha value is -1.25. The van der Waals surface area contributed by atoms with Gasteiger partial charge in [-0.3, -0.25) is 4.21 Å². The van der Waals surface area contributed by atoms with Crippen molar-refractivity contribution in [2.75, 3.05) is 12.0 Å². The van der Waals surface area contributed by atoms with Gasteiger partial charge in [0.05, 0.1) is 27.6 Å². The molecular weight excluding hydrogens is 316 g/mol. The highest BCUT2D eigenvalue weighted by Gasteiger charge is 2.31. The van der Waals surface area contributed by atoms with E-state index >= 15 is 0 Å². The summed E-state index contributed by atoms with van der Waals surface area (Å²) in [5.74, 6) is -0.789. The molecule has 1 saturated heterocycles. The quantitative estimate of drug-likeness (QED) is 0.858. The Morgan fingerprint density at radius 2 is 1.95 bits per heavy atom. The van der Waals surface area contributed by atoms with E-state index in [0.29, 0.717) is 17.7 Å². The average molecular weight is 332 g/mol. The molecule has 3 unspecified atom stereocenters. The third kappa shape index (κ3) is 4.12. The summed E-state index contributed by atoms with van der Waals surface area (Å²) in [6.45, 7) is 0. The number of rotatable bonds is 5. The number of hydrogen-bond acceptors (Lipinski definition) is 5. The van der Waals surface area contributed by atoms with Gasteiger partial charge in [-0.1, -0.05) is 0 Å². The first-order valence-corrected chi connectivity index (χ1v) is 9.55. The summed E-state index contributed by atoms with van der Waals surface area (Å²) in [5.41, 5.74) is 0. The van der Waals surface area contributed by atoms with Crippen LogP contribution in [0.3, 0.4) is 0 Å². The van der Waals surface area contributed by atoms with Crippen LogP contribution in [0.5, 0.6) is 0 Å². The fraction of sp³-hybridized carbons (Fsp3) is 0.462. The highest BCUT2D eigenvalue weighted by atomic mass is 32.2. The molecule has 1 N–H and O–H groups in total. The molecule has 3 atom stereocenters. The maximum Gasteiger partial charge on any atom is 0.332 e. The van der Waals surface area contributed by atoms with Crippen molar-refractivity contribution in [3.63, 3.8) is 0 Å². The Morgan fingerprint density at radius 3 is 2.43 bits per heavy atom. The molecule has 0 spiro atoms. The van der Waals surface area contributed by atoms with E-state index in [0.717, 1.165) is 6.26 Å². The van der Waals surface area contributed by atoms with Crippen LogP contribution >= 0.6 is 0 Å². The van der Waals surface area contributed by atoms with E-state index in [-0.39, 0.29) is 16.8 Å². The number of carboxylic acids is 1. The predicted octanol–water partition coefficient (Wildman–Crippen LogP) is 0.830. The first-order valence-electron chi connectivity index (χ1n) is 6.34. The molecule has 0 aliphatic carbocycles. The van der Waals surface area contributed by atoms with Crippen molar-refractivity contribution in [1.29, 1.82) is 0 Å². The Morgan fingerprint density at radius 1 is 1.33 bits per heavy atom. The van der Waals surface area contributed by atoms with E-state index in [9.17, 15) is 17.4 Å². The van der Waals surface area contributed by atoms with Gasteiger partial charge in [-0.05, 0) is 37.1 Å². The zero-order valence-corrected chi connectivity index (χ0v) is 13.0. The molecule has 6 nitrogen and oxygen atoms in total. The standard InChI is InChI=1S/C13H16O6S2/c1-21(17,18)11-5-3-10(4-6-11)20(16)8-9-2-7-12(19-9)13(14)15/h3-6,9,12H,2,7-8H2,1H3,(H,14,15). The molecule has 0 bridgehead atoms. The topological polar surface area (TPSA) is 97.7 Å². The van der Waals surface area contributed by atoms with Gasteiger partial charge in [0.25, 0.3) is 0 Å². The Kier molecular flexibility index (Phi) is 4.80. The summed E-state index contributed by atoms with van der Waals surface area (Å²) < 4.78 is 40.2. The number of carbonyl (C=O) groups is 1. The average Bonchev–Trinajstić information content (AvgIpc) is 2.86. The normalized spacial score (nSPS) is 23.9. The first-order chi connectivity index (χ1) is 9.77. The van der Waals surface area contributed by atoms with Gasteiger partial charge in [-0.15, -0.1) is 0 Å². The molecule has 0 aromatic heterocycles. The van der Waals surface area contributed by atoms with Gasteiger partial charge in [-0.2, -0.15) is 0 Å². The first kappa shape index (κ1) is 16.1. The molecule has 8 heteroatoms. The minimum Gasteiger partial charge on any atom is -0.479 e. The lowest BCUT2D eigenvalue weighted by Gasteiger charge is -2.11. The minimum absolute atomic E-state index is 0.173. The fourth-order valence-electron chi connectivity index (χ4n) is 2.11. The molecule has 0 saturated carbocycles. The number of benzene rings is 1. The molecule has 1 aliphatic rings. The lowest BCUT2D eigenvalue weighted by atomic mass is 10.2. The number of carboxylic acid groups (broad SMARTS) is 1. The lowest BCUT2D eigenvalue weighted by molar-refractivity contribution is -0.148. The minimum atomic E-state index is -3.27. The fourth-order valence-corrected chi connectivity index (χ4v) is 3.96. The van der Waals surface area contributed by atoms with Crippen molar-refractivity contribution in [2.24, 2.45) is 0 Å². The maximum absolute atomic E-state index is 12.2. The van der Waals surface area contributed by atoms with Gasteiger partial charge in [-0.25, -0.2) is 13.2 Å². The van der Waals surface area contributed by atoms with Crippen molar-refractivity contribution in [3.8, 4) is 0 Å². The van der Waals surface area contributed by atoms with Crippen molar-refractivity contribution in [3.05, 3.63) is 24.3 Å². The third-order valence-corrected chi connectivity index (χ3v) is 5.84. The zero-order chi connectivity index (χ0) is 15.6. The Labute approximate surface area is 125 Å². The monoisotopic (exact) mass is 332 g/mol. The van der Waals surface area contributed by atoms with Gasteiger partial charge >= 0.3 is 5.97 Å². The number of hydrogen-bond donors (Lipinski definition) is 1. The number of sulfone groups is 1. The summed E-state index contributed by atoms with van der Waals surface area (Å²) in [7, 11) is -4.62. The van der Waals surface area contributed by atoms with Crippen LogP contribution < -0.4 is 0 Å². The van der Waals surface area contributed by atoms with Crippen LogP contribution in [0.2, 0.25) is 0 Å². The molecule has 1 heterocycles. The van der Waals surface area contributed by atoms with E-state index in [1.165, 1.54) is 24.3 Å². The maximum atomic E-state index is 12.2. The second-order valence-electron chi connectivity index (χ2n) is 4.92. The molecule has 0 amide bonds. The molecular formula is C13H16O6S2. The van der Waals surface area contributed by atoms with Crippen molar-refractivity contribution in [2.45, 2.75) is 34.8 Å². The van der Waals surface area contributed by atoms with Gasteiger partial charge in [0.1, 0.15) is 0 Å². The van der Waals surface area contributed by atoms with E-state index < -0.39 is 32.7 Å². The second-order valence-corrected chi connectivity index (χ2v) is 8.43. The van der Waals surface area contributed by atoms with E-state index in [1.54, 1.807) is 0 Å². The summed E-state index contributed by atoms with van der Waals surface area (Å²) in [6, 6.07) is 5.85. The molecule has 2 rings (SSSR count). The van der Waals surface area contributed by atoms with Crippen LogP contribution in [0.25, 0.3) is 0 Å². The van der Waals surface area contributed by atoms with Crippen molar-refractivity contribution >= 4 is 26.6 Å². The van der Waals surface area contributed by atoms with Crippen molar-refractivity contribution < 1.29 is 27.3 Å². The van der Waals surface area contributed by atoms with Crippen LogP contribution in [0.4, 0.5) is 0 Å². The van der Waals surface area contributed by atoms with Gasteiger partial charge in [0.15, 0.2) is 15.9 Å². The van der Waals surface area contributed by atoms with Crippen LogP contribution in [0.1, 0.15) is 12.8 Å². The van der Waals surface area contributed by atoms with Crippen molar-refractivity contribution in [1.82, 2.24) is 0 Å². The molecule has 0 radical (unpaired) electrons. The van der Waals surface area contributed by atoms with Gasteiger partial charge in [0, 0.05) is 11.2 Å². The van der Waals surface area contributed by atoms with E-state index in [1.807, 2.05) is 0 Å². The predicted molar refractivity (Wildman–Crippen MR) is 76.4 cm³/mol. The van der Waals surface area contributed by atoms with E-state index in [2.05, 4.69) is 0 Å². The molecule has 1 aliphatic heterocycles. The highest BCUT2D eigenvalue weighted by Crippen LogP contribution is 2.22. The SMILES string of the molecule is CS(=O)(=O)c1ccc(S(=O)CC2CCC(C(=O)O)O2)cc1. The second kappa shape index (κ2) is 6.25. The summed E-state index contributed by atoms with van der Waals surface area (Å²) in [5, 5.41) is 8.83. The zero-order valence-electron chi connectivity index (χ0n) is 11.4. The van der Waals surface area contributed by atoms with Gasteiger partial charge < -0.3 is 9.84 Å². The van der Waals surface area contributed by atoms with Crippen LogP contribution in [-0.2, 0) is 30.2 Å². The Bertz CT molecular complexity index is 650. The highest BCUT2D eigenvalue weighted by molar-refractivity contribution is 7.90. The number of aliphatic carboxylic acids is 1. The van der Waals surface area contributed by atoms with Crippen LogP contribution in [0.15, 0.2) is 34.1 Å². The van der Waals surface area contributed by atoms with Crippen LogP contribution in [-0.4, -0.2) is 47.9 Å². The van der Waals surface area contributed by atoms with Crippen LogP contribution in [0, 0.1) is 0 Å². The smallest absolute Gasteiger partial charge is 0.332 e. The third-order valence-electron chi connectivity index (χ3n) is 3.24. The Balaban J connectivity index is 2.00. The molecule has 1 aromatic rings. The largest absolute Gasteiger partial charge is 0.479 e. The molecule has 1 fully saturated rings. The molecule has 21 heavy (non-hydrogen) atoms. The van der Waals surface area contributed by atoms with E-state index in [4.69, 9.17) is 9.84 Å². The summed E-state index contributed by atoms with van der Waals surface area (Å²) in [4.78, 5) is 11.5. The number of ether oxygens (including phenoxy) is 1. The molecule has 116 valence electrons. The molecule has 1 aromatic carbocycles. The van der Waals surface area contributed by atoms with Gasteiger partial charge in [0.2, 0.25) is 0 Å². The lowest BCUT2D eigenvalue weighted by Crippen LogP contribution is -2.23.